The van der Waals surface area contributed by atoms with E-state index in [9.17, 15) is 29.7 Å². The number of esters is 1. The van der Waals surface area contributed by atoms with Crippen LogP contribution in [-0.4, -0.2) is 73.9 Å². The lowest BCUT2D eigenvalue weighted by Gasteiger charge is -2.23. The van der Waals surface area contributed by atoms with Crippen LogP contribution in [0.3, 0.4) is 0 Å². The number of aliphatic hydroxyl groups excluding tert-OH is 4. The zero-order chi connectivity index (χ0) is 26.6. The number of carbonyl (C=O) groups excluding carboxylic acids is 2. The quantitative estimate of drug-likeness (QED) is 0.255. The van der Waals surface area contributed by atoms with Gasteiger partial charge in [-0.3, -0.25) is 14.4 Å². The van der Waals surface area contributed by atoms with Crippen LogP contribution in [-0.2, 0) is 22.5 Å². The number of nitrogens with zero attached hydrogens (tertiary/aromatic N) is 2. The molecule has 1 amide bonds. The van der Waals surface area contributed by atoms with Gasteiger partial charge in [-0.05, 0) is 54.8 Å². The molecule has 1 heterocycles. The lowest BCUT2D eigenvalue weighted by molar-refractivity contribution is -0.139. The lowest BCUT2D eigenvalue weighted by Crippen LogP contribution is -2.44. The Morgan fingerprint density at radius 2 is 1.78 bits per heavy atom. The number of aliphatic hydroxyl groups is 4. The normalized spacial score (nSPS) is 13.8. The van der Waals surface area contributed by atoms with E-state index >= 15 is 0 Å². The summed E-state index contributed by atoms with van der Waals surface area (Å²) in [6, 6.07) is 9.85. The van der Waals surface area contributed by atoms with Crippen molar-refractivity contribution in [3.8, 4) is 0 Å². The number of fused-ring (bicyclic) bond motifs is 1. The van der Waals surface area contributed by atoms with Crippen LogP contribution >= 0.6 is 0 Å². The number of carbonyl (C=O) groups is 2. The molecule has 3 unspecified atom stereocenters. The van der Waals surface area contributed by atoms with Gasteiger partial charge in [0.15, 0.2) is 5.69 Å². The number of ether oxygens (including phenoxy) is 1. The van der Waals surface area contributed by atoms with Gasteiger partial charge < -0.3 is 35.0 Å². The number of amides is 1. The molecule has 0 saturated carbocycles. The number of anilines is 1. The van der Waals surface area contributed by atoms with Crippen LogP contribution in [0.25, 0.3) is 11.0 Å². The fraction of sp³-hybridized carbons (Fsp3) is 0.360. The number of hydrogen-bond donors (Lipinski definition) is 5. The molecule has 1 aromatic heterocycles. The highest BCUT2D eigenvalue weighted by Gasteiger charge is 2.27. The number of rotatable bonds is 9. The second-order valence-corrected chi connectivity index (χ2v) is 8.52. The van der Waals surface area contributed by atoms with Gasteiger partial charge in [-0.15, -0.1) is 0 Å². The number of aryl methyl sites for hydroxylation is 2. The van der Waals surface area contributed by atoms with Crippen molar-refractivity contribution in [2.75, 3.05) is 19.0 Å². The molecule has 0 radical (unpaired) electrons. The van der Waals surface area contributed by atoms with E-state index in [2.05, 4.69) is 15.0 Å². The first-order chi connectivity index (χ1) is 17.0. The van der Waals surface area contributed by atoms with E-state index in [1.54, 1.807) is 36.4 Å². The fourth-order valence-corrected chi connectivity index (χ4v) is 3.67. The predicted molar refractivity (Wildman–Crippen MR) is 131 cm³/mol. The number of benzene rings is 2. The molecular weight excluding hydrogens is 470 g/mol. The van der Waals surface area contributed by atoms with Crippen molar-refractivity contribution in [3.05, 3.63) is 69.1 Å². The van der Waals surface area contributed by atoms with Gasteiger partial charge in [-0.25, -0.2) is 4.98 Å². The molecule has 0 aliphatic rings. The van der Waals surface area contributed by atoms with Gasteiger partial charge in [0.2, 0.25) is 0 Å². The molecule has 11 heteroatoms. The molecule has 0 spiro atoms. The summed E-state index contributed by atoms with van der Waals surface area (Å²) in [7, 11) is 1.27. The van der Waals surface area contributed by atoms with Crippen LogP contribution in [0.5, 0.6) is 0 Å². The van der Waals surface area contributed by atoms with Gasteiger partial charge in [-0.1, -0.05) is 12.1 Å². The van der Waals surface area contributed by atoms with Crippen LogP contribution in [0, 0.1) is 13.8 Å². The number of aromatic nitrogens is 2. The maximum atomic E-state index is 13.3. The number of methoxy groups -OCH3 is 1. The van der Waals surface area contributed by atoms with E-state index in [-0.39, 0.29) is 6.42 Å². The second-order valence-electron chi connectivity index (χ2n) is 8.52. The number of nitrogens with one attached hydrogen (secondary N) is 1. The smallest absolute Gasteiger partial charge is 0.309 e. The molecule has 0 saturated heterocycles. The van der Waals surface area contributed by atoms with Gasteiger partial charge in [-0.2, -0.15) is 0 Å². The van der Waals surface area contributed by atoms with Crippen LogP contribution in [0.2, 0.25) is 0 Å². The van der Waals surface area contributed by atoms with E-state index < -0.39 is 54.6 Å². The lowest BCUT2D eigenvalue weighted by atomic mass is 10.1. The first kappa shape index (κ1) is 27.0. The zero-order valence-corrected chi connectivity index (χ0v) is 20.1. The van der Waals surface area contributed by atoms with Crippen molar-refractivity contribution in [3.63, 3.8) is 0 Å². The molecule has 36 heavy (non-hydrogen) atoms. The Morgan fingerprint density at radius 1 is 1.08 bits per heavy atom. The maximum Gasteiger partial charge on any atom is 0.309 e. The van der Waals surface area contributed by atoms with Gasteiger partial charge in [0.05, 0.1) is 37.7 Å². The molecule has 0 aliphatic carbocycles. The molecule has 2 aromatic carbocycles. The monoisotopic (exact) mass is 499 g/mol. The third-order valence-corrected chi connectivity index (χ3v) is 5.88. The highest BCUT2D eigenvalue weighted by atomic mass is 16.5. The Bertz CT molecular complexity index is 1340. The van der Waals surface area contributed by atoms with Crippen molar-refractivity contribution in [2.45, 2.75) is 45.1 Å². The summed E-state index contributed by atoms with van der Waals surface area (Å²) in [4.78, 5) is 42.2. The summed E-state index contributed by atoms with van der Waals surface area (Å²) in [6.45, 7) is 2.42. The van der Waals surface area contributed by atoms with Gasteiger partial charge in [0.25, 0.3) is 11.5 Å². The Labute approximate surface area is 206 Å². The molecule has 192 valence electrons. The van der Waals surface area contributed by atoms with Crippen molar-refractivity contribution < 1.29 is 34.8 Å². The topological polar surface area (TPSA) is 171 Å². The summed E-state index contributed by atoms with van der Waals surface area (Å²) in [5.41, 5.74) is 1.98. The minimum Gasteiger partial charge on any atom is -0.469 e. The average Bonchev–Trinajstić information content (AvgIpc) is 2.85. The van der Waals surface area contributed by atoms with Crippen molar-refractivity contribution in [1.82, 2.24) is 9.55 Å². The summed E-state index contributed by atoms with van der Waals surface area (Å²) >= 11 is 0. The third-order valence-electron chi connectivity index (χ3n) is 5.88. The molecule has 0 bridgehead atoms. The van der Waals surface area contributed by atoms with Crippen molar-refractivity contribution in [2.24, 2.45) is 0 Å². The Hall–Kier alpha value is -3.64. The number of hydrogen-bond acceptors (Lipinski definition) is 9. The fourth-order valence-electron chi connectivity index (χ4n) is 3.67. The second kappa shape index (κ2) is 11.4. The third kappa shape index (κ3) is 5.94. The molecule has 11 nitrogen and oxygen atoms in total. The molecule has 0 fully saturated rings. The summed E-state index contributed by atoms with van der Waals surface area (Å²) in [5, 5.41) is 41.9. The van der Waals surface area contributed by atoms with Crippen LogP contribution in [0.15, 0.2) is 41.2 Å². The standard InChI is InChI=1S/C25H29N3O8/c1-13-7-17-18(8-14(13)2)28(11-19(30)23(33)20(31)12-29)25(35)22(27-17)24(34)26-16-6-4-5-15(9-16)10-21(32)36-3/h4-9,19-20,23,29-31,33H,10-12H2,1-3H3,(H,26,34). The SMILES string of the molecule is COC(=O)Cc1cccc(NC(=O)c2nc3cc(C)c(C)cc3n(CC(O)C(O)C(O)CO)c2=O)c1. The molecule has 3 aromatic rings. The summed E-state index contributed by atoms with van der Waals surface area (Å²) in [5.74, 6) is -1.26. The van der Waals surface area contributed by atoms with E-state index in [0.29, 0.717) is 22.3 Å². The van der Waals surface area contributed by atoms with E-state index in [1.165, 1.54) is 7.11 Å². The average molecular weight is 500 g/mol. The van der Waals surface area contributed by atoms with Crippen LogP contribution in [0.1, 0.15) is 27.2 Å². The first-order valence-corrected chi connectivity index (χ1v) is 11.2. The van der Waals surface area contributed by atoms with E-state index in [1.807, 2.05) is 13.8 Å². The van der Waals surface area contributed by atoms with Gasteiger partial charge in [0, 0.05) is 5.69 Å². The van der Waals surface area contributed by atoms with Crippen molar-refractivity contribution >= 4 is 28.6 Å². The predicted octanol–water partition coefficient (Wildman–Crippen LogP) is 0.0561. The van der Waals surface area contributed by atoms with Crippen LogP contribution < -0.4 is 10.9 Å². The minimum atomic E-state index is -1.73. The highest BCUT2D eigenvalue weighted by Crippen LogP contribution is 2.19. The Balaban J connectivity index is 2.03. The first-order valence-electron chi connectivity index (χ1n) is 11.2. The largest absolute Gasteiger partial charge is 0.469 e. The molecule has 3 rings (SSSR count). The highest BCUT2D eigenvalue weighted by molar-refractivity contribution is 6.03. The molecule has 0 aliphatic heterocycles. The Morgan fingerprint density at radius 3 is 2.44 bits per heavy atom. The molecule has 3 atom stereocenters. The summed E-state index contributed by atoms with van der Waals surface area (Å²) < 4.78 is 5.76. The zero-order valence-electron chi connectivity index (χ0n) is 20.1. The van der Waals surface area contributed by atoms with Gasteiger partial charge >= 0.3 is 5.97 Å². The van der Waals surface area contributed by atoms with E-state index in [4.69, 9.17) is 5.11 Å². The molecular formula is C25H29N3O8. The van der Waals surface area contributed by atoms with E-state index in [0.717, 1.165) is 15.7 Å². The Kier molecular flexibility index (Phi) is 8.53. The van der Waals surface area contributed by atoms with Gasteiger partial charge in [0.1, 0.15) is 18.3 Å². The molecule has 5 N–H and O–H groups in total. The van der Waals surface area contributed by atoms with Crippen LogP contribution in [0.4, 0.5) is 5.69 Å². The minimum absolute atomic E-state index is 0.000224. The maximum absolute atomic E-state index is 13.3. The summed E-state index contributed by atoms with van der Waals surface area (Å²) in [6.07, 6.45) is -4.97. The van der Waals surface area contributed by atoms with Crippen molar-refractivity contribution in [1.29, 1.82) is 0 Å².